The van der Waals surface area contributed by atoms with Gasteiger partial charge in [-0.15, -0.1) is 11.3 Å². The second-order valence-electron chi connectivity index (χ2n) is 3.79. The molecular weight excluding hydrogens is 232 g/mol. The van der Waals surface area contributed by atoms with E-state index < -0.39 is 6.04 Å². The van der Waals surface area contributed by atoms with Crippen molar-refractivity contribution in [1.29, 1.82) is 0 Å². The van der Waals surface area contributed by atoms with Crippen molar-refractivity contribution in [2.24, 2.45) is 5.73 Å². The van der Waals surface area contributed by atoms with Crippen LogP contribution in [0, 0.1) is 6.92 Å². The Morgan fingerprint density at radius 1 is 1.24 bits per heavy atom. The largest absolute Gasteiger partial charge is 0.369 e. The van der Waals surface area contributed by atoms with Gasteiger partial charge in [0.2, 0.25) is 5.91 Å². The summed E-state index contributed by atoms with van der Waals surface area (Å²) in [5.74, 6) is -0.365. The van der Waals surface area contributed by atoms with Gasteiger partial charge in [0.05, 0.1) is 0 Å². The van der Waals surface area contributed by atoms with E-state index in [1.54, 1.807) is 11.3 Å². The Kier molecular flexibility index (Phi) is 3.44. The molecule has 1 aromatic carbocycles. The number of para-hydroxylation sites is 1. The van der Waals surface area contributed by atoms with Gasteiger partial charge in [0.25, 0.3) is 0 Å². The van der Waals surface area contributed by atoms with Gasteiger partial charge in [0.15, 0.2) is 0 Å². The molecule has 0 bridgehead atoms. The Morgan fingerprint density at radius 2 is 1.94 bits per heavy atom. The maximum atomic E-state index is 11.5. The van der Waals surface area contributed by atoms with Crippen LogP contribution in [0.2, 0.25) is 0 Å². The number of aryl methyl sites for hydroxylation is 1. The number of rotatable bonds is 4. The Balaban J connectivity index is 2.22. The van der Waals surface area contributed by atoms with Crippen LogP contribution in [0.3, 0.4) is 0 Å². The molecule has 1 aromatic heterocycles. The molecule has 0 spiro atoms. The number of carbonyl (C=O) groups is 1. The summed E-state index contributed by atoms with van der Waals surface area (Å²) in [7, 11) is 0. The number of benzene rings is 1. The zero-order chi connectivity index (χ0) is 12.3. The Bertz CT molecular complexity index is 507. The van der Waals surface area contributed by atoms with Crippen molar-refractivity contribution in [3.63, 3.8) is 0 Å². The minimum Gasteiger partial charge on any atom is -0.369 e. The van der Waals surface area contributed by atoms with Crippen LogP contribution in [0.1, 0.15) is 15.8 Å². The van der Waals surface area contributed by atoms with E-state index in [4.69, 9.17) is 5.73 Å². The highest BCUT2D eigenvalue weighted by Crippen LogP contribution is 2.25. The van der Waals surface area contributed by atoms with E-state index in [9.17, 15) is 4.79 Å². The number of nitrogens with two attached hydrogens (primary N) is 1. The molecule has 0 saturated heterocycles. The summed E-state index contributed by atoms with van der Waals surface area (Å²) in [6.07, 6.45) is 0. The normalized spacial score (nSPS) is 12.1. The van der Waals surface area contributed by atoms with Crippen molar-refractivity contribution in [2.75, 3.05) is 5.32 Å². The molecule has 0 aliphatic rings. The zero-order valence-electron chi connectivity index (χ0n) is 9.51. The molecule has 0 aliphatic carbocycles. The molecule has 0 aliphatic heterocycles. The van der Waals surface area contributed by atoms with Crippen molar-refractivity contribution < 1.29 is 4.79 Å². The van der Waals surface area contributed by atoms with Crippen LogP contribution in [0.15, 0.2) is 42.5 Å². The Labute approximate surface area is 104 Å². The molecule has 3 N–H and O–H groups in total. The second-order valence-corrected chi connectivity index (χ2v) is 5.11. The number of hydrogen-bond donors (Lipinski definition) is 2. The SMILES string of the molecule is Cc1ccc(C(Nc2ccccc2)C(N)=O)s1. The smallest absolute Gasteiger partial charge is 0.245 e. The molecular formula is C13H14N2OS. The third-order valence-electron chi connectivity index (χ3n) is 2.41. The number of hydrogen-bond acceptors (Lipinski definition) is 3. The molecule has 0 fully saturated rings. The lowest BCUT2D eigenvalue weighted by Crippen LogP contribution is -2.26. The molecule has 2 rings (SSSR count). The monoisotopic (exact) mass is 246 g/mol. The summed E-state index contributed by atoms with van der Waals surface area (Å²) in [5.41, 5.74) is 6.32. The van der Waals surface area contributed by atoms with Crippen molar-refractivity contribution in [3.8, 4) is 0 Å². The van der Waals surface area contributed by atoms with Gasteiger partial charge in [0, 0.05) is 15.4 Å². The molecule has 1 unspecified atom stereocenters. The molecule has 0 saturated carbocycles. The fourth-order valence-corrected chi connectivity index (χ4v) is 2.53. The lowest BCUT2D eigenvalue weighted by Gasteiger charge is -2.15. The minimum absolute atomic E-state index is 0.365. The third-order valence-corrected chi connectivity index (χ3v) is 3.48. The lowest BCUT2D eigenvalue weighted by atomic mass is 10.2. The average molecular weight is 246 g/mol. The van der Waals surface area contributed by atoms with Crippen LogP contribution in [-0.4, -0.2) is 5.91 Å². The number of primary amides is 1. The van der Waals surface area contributed by atoms with Crippen molar-refractivity contribution in [2.45, 2.75) is 13.0 Å². The van der Waals surface area contributed by atoms with E-state index in [-0.39, 0.29) is 5.91 Å². The summed E-state index contributed by atoms with van der Waals surface area (Å²) in [4.78, 5) is 13.6. The fourth-order valence-electron chi connectivity index (χ4n) is 1.59. The van der Waals surface area contributed by atoms with Crippen LogP contribution in [0.25, 0.3) is 0 Å². The molecule has 1 atom stereocenters. The van der Waals surface area contributed by atoms with Gasteiger partial charge in [-0.05, 0) is 31.2 Å². The number of anilines is 1. The van der Waals surface area contributed by atoms with Gasteiger partial charge in [-0.25, -0.2) is 0 Å². The molecule has 4 heteroatoms. The average Bonchev–Trinajstić information content (AvgIpc) is 2.73. The predicted octanol–water partition coefficient (Wildman–Crippen LogP) is 2.70. The first-order valence-electron chi connectivity index (χ1n) is 5.34. The van der Waals surface area contributed by atoms with Crippen LogP contribution in [0.4, 0.5) is 5.69 Å². The van der Waals surface area contributed by atoms with Crippen LogP contribution in [0.5, 0.6) is 0 Å². The van der Waals surface area contributed by atoms with E-state index in [0.29, 0.717) is 0 Å². The molecule has 1 heterocycles. The van der Waals surface area contributed by atoms with E-state index in [1.807, 2.05) is 49.4 Å². The van der Waals surface area contributed by atoms with Gasteiger partial charge in [-0.3, -0.25) is 4.79 Å². The van der Waals surface area contributed by atoms with Gasteiger partial charge >= 0.3 is 0 Å². The molecule has 88 valence electrons. The van der Waals surface area contributed by atoms with Crippen LogP contribution in [-0.2, 0) is 4.79 Å². The second kappa shape index (κ2) is 5.01. The molecule has 2 aromatic rings. The van der Waals surface area contributed by atoms with Crippen molar-refractivity contribution in [1.82, 2.24) is 0 Å². The molecule has 1 amide bonds. The van der Waals surface area contributed by atoms with E-state index in [0.717, 1.165) is 10.6 Å². The fraction of sp³-hybridized carbons (Fsp3) is 0.154. The standard InChI is InChI=1S/C13H14N2OS/c1-9-7-8-11(17-9)12(13(14)16)15-10-5-3-2-4-6-10/h2-8,12,15H,1H3,(H2,14,16). The van der Waals surface area contributed by atoms with Crippen molar-refractivity contribution in [3.05, 3.63) is 52.2 Å². The summed E-state index contributed by atoms with van der Waals surface area (Å²) in [6, 6.07) is 13.1. The number of carbonyl (C=O) groups excluding carboxylic acids is 1. The number of amides is 1. The van der Waals surface area contributed by atoms with Crippen molar-refractivity contribution >= 4 is 22.9 Å². The highest BCUT2D eigenvalue weighted by Gasteiger charge is 2.18. The molecule has 3 nitrogen and oxygen atoms in total. The number of thiophene rings is 1. The minimum atomic E-state index is -0.462. The molecule has 17 heavy (non-hydrogen) atoms. The first-order chi connectivity index (χ1) is 8.16. The lowest BCUT2D eigenvalue weighted by molar-refractivity contribution is -0.118. The summed E-state index contributed by atoms with van der Waals surface area (Å²) in [6.45, 7) is 2.01. The third kappa shape index (κ3) is 2.85. The summed E-state index contributed by atoms with van der Waals surface area (Å²) >= 11 is 1.58. The topological polar surface area (TPSA) is 55.1 Å². The summed E-state index contributed by atoms with van der Waals surface area (Å²) < 4.78 is 0. The van der Waals surface area contributed by atoms with E-state index >= 15 is 0 Å². The zero-order valence-corrected chi connectivity index (χ0v) is 10.3. The van der Waals surface area contributed by atoms with Gasteiger partial charge in [-0.1, -0.05) is 18.2 Å². The predicted molar refractivity (Wildman–Crippen MR) is 71.1 cm³/mol. The highest BCUT2D eigenvalue weighted by molar-refractivity contribution is 7.12. The maximum absolute atomic E-state index is 11.5. The Hall–Kier alpha value is -1.81. The van der Waals surface area contributed by atoms with Gasteiger partial charge in [-0.2, -0.15) is 0 Å². The van der Waals surface area contributed by atoms with Crippen LogP contribution >= 0.6 is 11.3 Å². The van der Waals surface area contributed by atoms with Crippen LogP contribution < -0.4 is 11.1 Å². The van der Waals surface area contributed by atoms with Gasteiger partial charge < -0.3 is 11.1 Å². The first-order valence-corrected chi connectivity index (χ1v) is 6.15. The van der Waals surface area contributed by atoms with E-state index in [2.05, 4.69) is 5.32 Å². The maximum Gasteiger partial charge on any atom is 0.245 e. The Morgan fingerprint density at radius 3 is 2.47 bits per heavy atom. The highest BCUT2D eigenvalue weighted by atomic mass is 32.1. The molecule has 0 radical (unpaired) electrons. The quantitative estimate of drug-likeness (QED) is 0.871. The number of nitrogens with one attached hydrogen (secondary N) is 1. The first kappa shape index (κ1) is 11.7. The summed E-state index contributed by atoms with van der Waals surface area (Å²) in [5, 5.41) is 3.14. The van der Waals surface area contributed by atoms with E-state index in [1.165, 1.54) is 4.88 Å². The van der Waals surface area contributed by atoms with Gasteiger partial charge in [0.1, 0.15) is 6.04 Å².